The monoisotopic (exact) mass is 242 g/mol. The van der Waals surface area contributed by atoms with E-state index in [0.717, 1.165) is 45.2 Å². The summed E-state index contributed by atoms with van der Waals surface area (Å²) in [6, 6.07) is 0.00110. The second-order valence-electron chi connectivity index (χ2n) is 4.98. The summed E-state index contributed by atoms with van der Waals surface area (Å²) in [5.41, 5.74) is 0. The Hall–Kier alpha value is -0.610. The van der Waals surface area contributed by atoms with Crippen LogP contribution in [0.2, 0.25) is 0 Å². The molecule has 1 aliphatic heterocycles. The predicted octanol–water partition coefficient (Wildman–Crippen LogP) is 1.04. The minimum Gasteiger partial charge on any atom is -0.396 e. The van der Waals surface area contributed by atoms with Crippen LogP contribution in [-0.2, 0) is 4.79 Å². The standard InChI is InChI=1S/C13H26N2O2/c1-11-7-6-9-14-12(11)13(17)15-8-4-2-3-5-10-16/h11-12,14,16H,2-10H2,1H3,(H,15,17). The van der Waals surface area contributed by atoms with Crippen LogP contribution >= 0.6 is 0 Å². The summed E-state index contributed by atoms with van der Waals surface area (Å²) in [6.45, 7) is 4.13. The van der Waals surface area contributed by atoms with Gasteiger partial charge in [-0.25, -0.2) is 0 Å². The molecule has 0 saturated carbocycles. The highest BCUT2D eigenvalue weighted by Crippen LogP contribution is 2.15. The minimum atomic E-state index is 0.00110. The van der Waals surface area contributed by atoms with E-state index in [1.54, 1.807) is 0 Å². The molecule has 1 saturated heterocycles. The van der Waals surface area contributed by atoms with Crippen LogP contribution in [0, 0.1) is 5.92 Å². The maximum atomic E-state index is 11.9. The summed E-state index contributed by atoms with van der Waals surface area (Å²) in [5.74, 6) is 0.595. The SMILES string of the molecule is CC1CCCNC1C(=O)NCCCCCCO. The van der Waals surface area contributed by atoms with Gasteiger partial charge in [-0.15, -0.1) is 0 Å². The molecule has 1 amide bonds. The number of aliphatic hydroxyl groups excluding tert-OH is 1. The summed E-state index contributed by atoms with van der Waals surface area (Å²) in [6.07, 6.45) is 6.31. The van der Waals surface area contributed by atoms with E-state index in [1.807, 2.05) is 0 Å². The van der Waals surface area contributed by atoms with Crippen molar-refractivity contribution in [3.8, 4) is 0 Å². The Morgan fingerprint density at radius 3 is 2.82 bits per heavy atom. The summed E-state index contributed by atoms with van der Waals surface area (Å²) in [4.78, 5) is 11.9. The number of nitrogens with one attached hydrogen (secondary N) is 2. The summed E-state index contributed by atoms with van der Waals surface area (Å²) < 4.78 is 0. The first-order chi connectivity index (χ1) is 8.25. The molecular formula is C13H26N2O2. The Balaban J connectivity index is 2.07. The second-order valence-corrected chi connectivity index (χ2v) is 4.98. The normalized spacial score (nSPS) is 24.6. The van der Waals surface area contributed by atoms with Crippen LogP contribution in [0.25, 0.3) is 0 Å². The van der Waals surface area contributed by atoms with Crippen molar-refractivity contribution in [2.45, 2.75) is 51.5 Å². The number of aliphatic hydroxyl groups is 1. The molecule has 17 heavy (non-hydrogen) atoms. The number of carbonyl (C=O) groups excluding carboxylic acids is 1. The lowest BCUT2D eigenvalue weighted by Crippen LogP contribution is -2.51. The molecule has 4 nitrogen and oxygen atoms in total. The van der Waals surface area contributed by atoms with Gasteiger partial charge in [0.2, 0.25) is 5.91 Å². The number of piperidine rings is 1. The molecule has 2 unspecified atom stereocenters. The fourth-order valence-corrected chi connectivity index (χ4v) is 2.31. The van der Waals surface area contributed by atoms with Gasteiger partial charge in [0.05, 0.1) is 6.04 Å². The first-order valence-electron chi connectivity index (χ1n) is 6.87. The molecule has 0 aromatic carbocycles. The first-order valence-corrected chi connectivity index (χ1v) is 6.87. The lowest BCUT2D eigenvalue weighted by Gasteiger charge is -2.28. The van der Waals surface area contributed by atoms with Crippen LogP contribution in [0.5, 0.6) is 0 Å². The third-order valence-electron chi connectivity index (χ3n) is 3.44. The molecule has 0 aromatic heterocycles. The highest BCUT2D eigenvalue weighted by Gasteiger charge is 2.26. The topological polar surface area (TPSA) is 61.4 Å². The lowest BCUT2D eigenvalue weighted by molar-refractivity contribution is -0.124. The molecule has 4 heteroatoms. The predicted molar refractivity (Wildman–Crippen MR) is 68.8 cm³/mol. The highest BCUT2D eigenvalue weighted by atomic mass is 16.2. The van der Waals surface area contributed by atoms with E-state index in [9.17, 15) is 4.79 Å². The first kappa shape index (κ1) is 14.5. The van der Waals surface area contributed by atoms with E-state index in [4.69, 9.17) is 5.11 Å². The zero-order chi connectivity index (χ0) is 12.5. The largest absolute Gasteiger partial charge is 0.396 e. The molecule has 1 heterocycles. The number of unbranched alkanes of at least 4 members (excludes halogenated alkanes) is 3. The van der Waals surface area contributed by atoms with Gasteiger partial charge in [-0.05, 0) is 38.1 Å². The molecule has 0 spiro atoms. The number of hydrogen-bond donors (Lipinski definition) is 3. The Kier molecular flexibility index (Phi) is 7.21. The van der Waals surface area contributed by atoms with Crippen molar-refractivity contribution in [3.63, 3.8) is 0 Å². The summed E-state index contributed by atoms with van der Waals surface area (Å²) >= 11 is 0. The number of hydrogen-bond acceptors (Lipinski definition) is 3. The van der Waals surface area contributed by atoms with Crippen LogP contribution in [0.1, 0.15) is 45.4 Å². The molecule has 1 rings (SSSR count). The number of amides is 1. The lowest BCUT2D eigenvalue weighted by atomic mass is 9.92. The van der Waals surface area contributed by atoms with Gasteiger partial charge >= 0.3 is 0 Å². The van der Waals surface area contributed by atoms with Crippen LogP contribution in [0.3, 0.4) is 0 Å². The Morgan fingerprint density at radius 1 is 1.35 bits per heavy atom. The van der Waals surface area contributed by atoms with Crippen molar-refractivity contribution < 1.29 is 9.90 Å². The van der Waals surface area contributed by atoms with Crippen molar-refractivity contribution in [1.82, 2.24) is 10.6 Å². The zero-order valence-corrected chi connectivity index (χ0v) is 10.9. The van der Waals surface area contributed by atoms with Crippen LogP contribution in [0.15, 0.2) is 0 Å². The minimum absolute atomic E-state index is 0.00110. The van der Waals surface area contributed by atoms with Gasteiger partial charge in [0.15, 0.2) is 0 Å². The number of rotatable bonds is 7. The van der Waals surface area contributed by atoms with Crippen LogP contribution in [0.4, 0.5) is 0 Å². The summed E-state index contributed by atoms with van der Waals surface area (Å²) in [5, 5.41) is 14.9. The van der Waals surface area contributed by atoms with E-state index in [2.05, 4.69) is 17.6 Å². The van der Waals surface area contributed by atoms with Crippen molar-refractivity contribution in [3.05, 3.63) is 0 Å². The molecule has 2 atom stereocenters. The van der Waals surface area contributed by atoms with Crippen LogP contribution in [-0.4, -0.2) is 36.8 Å². The van der Waals surface area contributed by atoms with E-state index < -0.39 is 0 Å². The molecule has 100 valence electrons. The smallest absolute Gasteiger partial charge is 0.237 e. The average molecular weight is 242 g/mol. The van der Waals surface area contributed by atoms with E-state index in [-0.39, 0.29) is 18.6 Å². The fourth-order valence-electron chi connectivity index (χ4n) is 2.31. The van der Waals surface area contributed by atoms with Gasteiger partial charge in [-0.3, -0.25) is 4.79 Å². The van der Waals surface area contributed by atoms with Gasteiger partial charge in [-0.2, -0.15) is 0 Å². The van der Waals surface area contributed by atoms with Crippen LogP contribution < -0.4 is 10.6 Å². The molecule has 3 N–H and O–H groups in total. The van der Waals surface area contributed by atoms with Gasteiger partial charge in [-0.1, -0.05) is 19.8 Å². The van der Waals surface area contributed by atoms with Crippen molar-refractivity contribution >= 4 is 5.91 Å². The Morgan fingerprint density at radius 2 is 2.12 bits per heavy atom. The van der Waals surface area contributed by atoms with Gasteiger partial charge in [0, 0.05) is 13.2 Å². The summed E-state index contributed by atoms with van der Waals surface area (Å²) in [7, 11) is 0. The molecular weight excluding hydrogens is 216 g/mol. The molecule has 1 fully saturated rings. The molecule has 0 radical (unpaired) electrons. The van der Waals surface area contributed by atoms with E-state index >= 15 is 0 Å². The molecule has 0 aromatic rings. The molecule has 1 aliphatic rings. The van der Waals surface area contributed by atoms with Gasteiger partial charge in [0.1, 0.15) is 0 Å². The zero-order valence-electron chi connectivity index (χ0n) is 10.9. The van der Waals surface area contributed by atoms with Gasteiger partial charge in [0.25, 0.3) is 0 Å². The van der Waals surface area contributed by atoms with Gasteiger partial charge < -0.3 is 15.7 Å². The number of carbonyl (C=O) groups is 1. The van der Waals surface area contributed by atoms with Crippen molar-refractivity contribution in [2.24, 2.45) is 5.92 Å². The second kappa shape index (κ2) is 8.48. The van der Waals surface area contributed by atoms with E-state index in [1.165, 1.54) is 6.42 Å². The Bertz CT molecular complexity index is 221. The maximum absolute atomic E-state index is 11.9. The maximum Gasteiger partial charge on any atom is 0.237 e. The quantitative estimate of drug-likeness (QED) is 0.585. The third kappa shape index (κ3) is 5.50. The van der Waals surface area contributed by atoms with Crippen molar-refractivity contribution in [1.29, 1.82) is 0 Å². The van der Waals surface area contributed by atoms with E-state index in [0.29, 0.717) is 5.92 Å². The average Bonchev–Trinajstić information content (AvgIpc) is 2.34. The molecule has 0 aliphatic carbocycles. The Labute approximate surface area is 104 Å². The highest BCUT2D eigenvalue weighted by molar-refractivity contribution is 5.82. The fraction of sp³-hybridized carbons (Fsp3) is 0.923. The molecule has 0 bridgehead atoms. The third-order valence-corrected chi connectivity index (χ3v) is 3.44. The van der Waals surface area contributed by atoms with Crippen molar-refractivity contribution in [2.75, 3.05) is 19.7 Å².